The highest BCUT2D eigenvalue weighted by atomic mass is 14.6. The third-order valence-corrected chi connectivity index (χ3v) is 1.07. The van der Waals surface area contributed by atoms with Gasteiger partial charge in [0.25, 0.3) is 0 Å². The van der Waals surface area contributed by atoms with Crippen LogP contribution < -0.4 is 5.73 Å². The van der Waals surface area contributed by atoms with Crippen LogP contribution >= 0.6 is 0 Å². The SMILES string of the molecule is C/C=C\C=C/C(=N)[C@@H](C)N. The van der Waals surface area contributed by atoms with E-state index in [4.69, 9.17) is 11.1 Å². The molecule has 0 unspecified atom stereocenters. The zero-order chi connectivity index (χ0) is 7.98. The molecule has 0 radical (unpaired) electrons. The van der Waals surface area contributed by atoms with E-state index < -0.39 is 0 Å². The first-order chi connectivity index (χ1) is 4.68. The van der Waals surface area contributed by atoms with E-state index in [1.807, 2.05) is 25.2 Å². The molecule has 0 aromatic heterocycles. The predicted molar refractivity (Wildman–Crippen MR) is 45.3 cm³/mol. The summed E-state index contributed by atoms with van der Waals surface area (Å²) < 4.78 is 0. The summed E-state index contributed by atoms with van der Waals surface area (Å²) in [4.78, 5) is 0. The maximum atomic E-state index is 7.28. The Labute approximate surface area is 61.9 Å². The Kier molecular flexibility index (Phi) is 4.50. The van der Waals surface area contributed by atoms with Crippen LogP contribution in [0.15, 0.2) is 24.3 Å². The first-order valence-electron chi connectivity index (χ1n) is 3.32. The summed E-state index contributed by atoms with van der Waals surface area (Å²) in [6.45, 7) is 3.72. The van der Waals surface area contributed by atoms with Crippen molar-refractivity contribution in [1.29, 1.82) is 5.41 Å². The molecule has 0 aliphatic heterocycles. The third-order valence-electron chi connectivity index (χ3n) is 1.07. The molecule has 2 nitrogen and oxygen atoms in total. The topological polar surface area (TPSA) is 49.9 Å². The molecule has 3 N–H and O–H groups in total. The highest BCUT2D eigenvalue weighted by molar-refractivity contribution is 5.96. The lowest BCUT2D eigenvalue weighted by Gasteiger charge is -1.99. The van der Waals surface area contributed by atoms with Crippen LogP contribution in [-0.4, -0.2) is 11.8 Å². The average molecular weight is 138 g/mol. The van der Waals surface area contributed by atoms with E-state index in [2.05, 4.69) is 0 Å². The average Bonchev–Trinajstić information content (AvgIpc) is 1.88. The number of rotatable bonds is 3. The molecule has 0 saturated heterocycles. The highest BCUT2D eigenvalue weighted by Crippen LogP contribution is 1.84. The third kappa shape index (κ3) is 4.04. The van der Waals surface area contributed by atoms with Gasteiger partial charge in [0.15, 0.2) is 0 Å². The highest BCUT2D eigenvalue weighted by Gasteiger charge is 1.94. The monoisotopic (exact) mass is 138 g/mol. The van der Waals surface area contributed by atoms with Gasteiger partial charge in [0.2, 0.25) is 0 Å². The van der Waals surface area contributed by atoms with Gasteiger partial charge >= 0.3 is 0 Å². The van der Waals surface area contributed by atoms with Gasteiger partial charge in [-0.2, -0.15) is 0 Å². The van der Waals surface area contributed by atoms with Crippen molar-refractivity contribution in [1.82, 2.24) is 0 Å². The summed E-state index contributed by atoms with van der Waals surface area (Å²) in [5.74, 6) is 0. The molecule has 0 amide bonds. The lowest BCUT2D eigenvalue weighted by molar-refractivity contribution is 0.970. The standard InChI is InChI=1S/C8H14N2/c1-3-4-5-6-8(10)7(2)9/h3-7,10H,9H2,1-2H3/b4-3-,6-5-,10-8?/t7-/m1/s1. The van der Waals surface area contributed by atoms with Gasteiger partial charge in [0.05, 0.1) is 0 Å². The minimum Gasteiger partial charge on any atom is -0.323 e. The summed E-state index contributed by atoms with van der Waals surface area (Å²) in [5, 5.41) is 7.28. The van der Waals surface area contributed by atoms with Crippen molar-refractivity contribution in [2.24, 2.45) is 5.73 Å². The van der Waals surface area contributed by atoms with Crippen LogP contribution in [0.4, 0.5) is 0 Å². The van der Waals surface area contributed by atoms with Crippen molar-refractivity contribution in [3.8, 4) is 0 Å². The van der Waals surface area contributed by atoms with E-state index >= 15 is 0 Å². The van der Waals surface area contributed by atoms with Crippen LogP contribution in [-0.2, 0) is 0 Å². The molecule has 0 spiro atoms. The number of allylic oxidation sites excluding steroid dienone is 3. The van der Waals surface area contributed by atoms with Crippen molar-refractivity contribution in [3.05, 3.63) is 24.3 Å². The van der Waals surface area contributed by atoms with Crippen LogP contribution in [0.5, 0.6) is 0 Å². The maximum Gasteiger partial charge on any atom is 0.0478 e. The van der Waals surface area contributed by atoms with E-state index in [0.29, 0.717) is 5.71 Å². The lowest BCUT2D eigenvalue weighted by atomic mass is 10.2. The first kappa shape index (κ1) is 9.11. The van der Waals surface area contributed by atoms with E-state index in [1.54, 1.807) is 13.0 Å². The van der Waals surface area contributed by atoms with Gasteiger partial charge in [0, 0.05) is 11.8 Å². The molecular weight excluding hydrogens is 124 g/mol. The summed E-state index contributed by atoms with van der Waals surface area (Å²) in [7, 11) is 0. The van der Waals surface area contributed by atoms with Gasteiger partial charge in [-0.1, -0.05) is 18.2 Å². The summed E-state index contributed by atoms with van der Waals surface area (Å²) in [6.07, 6.45) is 7.29. The summed E-state index contributed by atoms with van der Waals surface area (Å²) >= 11 is 0. The van der Waals surface area contributed by atoms with Gasteiger partial charge in [-0.25, -0.2) is 0 Å². The predicted octanol–water partition coefficient (Wildman–Crippen LogP) is 1.49. The van der Waals surface area contributed by atoms with Crippen LogP contribution in [0, 0.1) is 5.41 Å². The second-order valence-corrected chi connectivity index (χ2v) is 2.13. The van der Waals surface area contributed by atoms with Crippen LogP contribution in [0.1, 0.15) is 13.8 Å². The van der Waals surface area contributed by atoms with E-state index in [9.17, 15) is 0 Å². The first-order valence-corrected chi connectivity index (χ1v) is 3.32. The number of nitrogens with two attached hydrogens (primary N) is 1. The second kappa shape index (κ2) is 4.94. The molecule has 0 aromatic rings. The molecule has 0 rings (SSSR count). The number of hydrogen-bond acceptors (Lipinski definition) is 2. The fourth-order valence-electron chi connectivity index (χ4n) is 0.422. The molecular formula is C8H14N2. The molecule has 10 heavy (non-hydrogen) atoms. The van der Waals surface area contributed by atoms with Crippen molar-refractivity contribution >= 4 is 5.71 Å². The van der Waals surface area contributed by atoms with Crippen LogP contribution in [0.3, 0.4) is 0 Å². The summed E-state index contributed by atoms with van der Waals surface area (Å²) in [6, 6.07) is -0.165. The smallest absolute Gasteiger partial charge is 0.0478 e. The fourth-order valence-corrected chi connectivity index (χ4v) is 0.422. The minimum absolute atomic E-state index is 0.165. The molecule has 1 atom stereocenters. The Balaban J connectivity index is 3.78. The van der Waals surface area contributed by atoms with Crippen LogP contribution in [0.25, 0.3) is 0 Å². The Morgan fingerprint density at radius 2 is 2.10 bits per heavy atom. The van der Waals surface area contributed by atoms with Gasteiger partial charge in [-0.05, 0) is 19.9 Å². The molecule has 0 aliphatic rings. The molecule has 0 bridgehead atoms. The van der Waals surface area contributed by atoms with E-state index in [-0.39, 0.29) is 6.04 Å². The van der Waals surface area contributed by atoms with E-state index in [0.717, 1.165) is 0 Å². The maximum absolute atomic E-state index is 7.28. The molecule has 0 aliphatic carbocycles. The molecule has 2 heteroatoms. The quantitative estimate of drug-likeness (QED) is 0.450. The zero-order valence-electron chi connectivity index (χ0n) is 6.46. The van der Waals surface area contributed by atoms with Gasteiger partial charge in [0.1, 0.15) is 0 Å². The van der Waals surface area contributed by atoms with Crippen molar-refractivity contribution in [3.63, 3.8) is 0 Å². The molecule has 0 saturated carbocycles. The Bertz CT molecular complexity index is 155. The normalized spacial score (nSPS) is 14.7. The Morgan fingerprint density at radius 1 is 1.50 bits per heavy atom. The molecule has 0 heterocycles. The largest absolute Gasteiger partial charge is 0.323 e. The van der Waals surface area contributed by atoms with Crippen molar-refractivity contribution < 1.29 is 0 Å². The lowest BCUT2D eigenvalue weighted by Crippen LogP contribution is -2.23. The minimum atomic E-state index is -0.165. The molecule has 0 fully saturated rings. The van der Waals surface area contributed by atoms with Crippen LogP contribution in [0.2, 0.25) is 0 Å². The second-order valence-electron chi connectivity index (χ2n) is 2.13. The van der Waals surface area contributed by atoms with Crippen molar-refractivity contribution in [2.75, 3.05) is 0 Å². The number of hydrogen-bond donors (Lipinski definition) is 2. The van der Waals surface area contributed by atoms with Gasteiger partial charge in [-0.3, -0.25) is 0 Å². The Hall–Kier alpha value is -0.890. The molecule has 56 valence electrons. The van der Waals surface area contributed by atoms with E-state index in [1.165, 1.54) is 0 Å². The fraction of sp³-hybridized carbons (Fsp3) is 0.375. The Morgan fingerprint density at radius 3 is 2.50 bits per heavy atom. The van der Waals surface area contributed by atoms with Gasteiger partial charge in [-0.15, -0.1) is 0 Å². The number of nitrogens with one attached hydrogen (secondary N) is 1. The van der Waals surface area contributed by atoms with Crippen molar-refractivity contribution in [2.45, 2.75) is 19.9 Å². The zero-order valence-corrected chi connectivity index (χ0v) is 6.46. The van der Waals surface area contributed by atoms with Gasteiger partial charge < -0.3 is 11.1 Å². The summed E-state index contributed by atoms with van der Waals surface area (Å²) in [5.41, 5.74) is 5.87. The molecule has 0 aromatic carbocycles.